The lowest BCUT2D eigenvalue weighted by Gasteiger charge is -2.34. The molecule has 5 heteroatoms. The maximum atomic E-state index is 12.5. The Kier molecular flexibility index (Phi) is 4.89. The first-order valence-corrected chi connectivity index (χ1v) is 8.87. The summed E-state index contributed by atoms with van der Waals surface area (Å²) in [4.78, 5) is 14.8. The van der Waals surface area contributed by atoms with Crippen LogP contribution in [-0.2, 0) is 9.53 Å². The van der Waals surface area contributed by atoms with Gasteiger partial charge in [0.2, 0.25) is 5.90 Å². The van der Waals surface area contributed by atoms with Crippen LogP contribution in [0.5, 0.6) is 0 Å². The number of allylic oxidation sites excluding steroid dienone is 2. The highest BCUT2D eigenvalue weighted by Crippen LogP contribution is 2.43. The van der Waals surface area contributed by atoms with E-state index in [9.17, 15) is 10.1 Å². The van der Waals surface area contributed by atoms with Crippen molar-refractivity contribution in [3.63, 3.8) is 0 Å². The third-order valence-electron chi connectivity index (χ3n) is 5.09. The molecule has 5 nitrogen and oxygen atoms in total. The Morgan fingerprint density at radius 1 is 1.24 bits per heavy atom. The minimum absolute atomic E-state index is 0.0474. The molecule has 0 saturated carbocycles. The fourth-order valence-electron chi connectivity index (χ4n) is 3.77. The Bertz CT molecular complexity index is 754. The lowest BCUT2D eigenvalue weighted by molar-refractivity contribution is -0.116. The molecule has 0 aromatic heterocycles. The molecule has 0 saturated heterocycles. The van der Waals surface area contributed by atoms with Crippen LogP contribution in [-0.4, -0.2) is 24.8 Å². The van der Waals surface area contributed by atoms with E-state index in [1.807, 2.05) is 24.3 Å². The van der Waals surface area contributed by atoms with Gasteiger partial charge in [-0.25, -0.2) is 0 Å². The van der Waals surface area contributed by atoms with Crippen molar-refractivity contribution in [3.05, 3.63) is 41.2 Å². The number of nitrogens with zero attached hydrogens (tertiary/aromatic N) is 2. The van der Waals surface area contributed by atoms with E-state index in [0.717, 1.165) is 30.8 Å². The number of ketones is 1. The maximum Gasteiger partial charge on any atom is 0.205 e. The number of carbonyl (C=O) groups excluding carboxylic acids is 1. The molecule has 3 rings (SSSR count). The molecule has 25 heavy (non-hydrogen) atoms. The van der Waals surface area contributed by atoms with Crippen LogP contribution >= 0.6 is 0 Å². The smallest absolute Gasteiger partial charge is 0.205 e. The zero-order chi connectivity index (χ0) is 18.0. The highest BCUT2D eigenvalue weighted by atomic mass is 16.5. The van der Waals surface area contributed by atoms with Crippen LogP contribution in [0, 0.1) is 22.7 Å². The highest BCUT2D eigenvalue weighted by molar-refractivity contribution is 6.01. The van der Waals surface area contributed by atoms with Crippen molar-refractivity contribution in [2.24, 2.45) is 5.92 Å². The second-order valence-electron chi connectivity index (χ2n) is 6.43. The Morgan fingerprint density at radius 3 is 2.52 bits per heavy atom. The SMILES string of the molecule is CCN(CC)c1ccc(C2C3=C(CCCC3=O)OC(=N)C2C#N)cc1. The standard InChI is InChI=1S/C20H23N3O2/c1-3-23(4-2)14-10-8-13(9-11-14)18-15(12-21)20(22)25-17-7-5-6-16(24)19(17)18/h8-11,15,18,22H,3-7H2,1-2H3. The molecule has 1 aliphatic heterocycles. The summed E-state index contributed by atoms with van der Waals surface area (Å²) in [5.74, 6) is -0.564. The van der Waals surface area contributed by atoms with E-state index in [1.54, 1.807) is 0 Å². The van der Waals surface area contributed by atoms with Gasteiger partial charge >= 0.3 is 0 Å². The van der Waals surface area contributed by atoms with Gasteiger partial charge in [0.1, 0.15) is 11.7 Å². The van der Waals surface area contributed by atoms with E-state index in [4.69, 9.17) is 10.1 Å². The zero-order valence-corrected chi connectivity index (χ0v) is 14.7. The van der Waals surface area contributed by atoms with Crippen LogP contribution in [0.1, 0.15) is 44.6 Å². The number of Topliss-reactive ketones (excluding diaryl/α,β-unsaturated/α-hetero) is 1. The molecule has 1 aliphatic carbocycles. The number of hydrogen-bond donors (Lipinski definition) is 1. The van der Waals surface area contributed by atoms with Crippen LogP contribution < -0.4 is 4.90 Å². The van der Waals surface area contributed by atoms with Gasteiger partial charge < -0.3 is 9.64 Å². The molecule has 2 atom stereocenters. The molecular formula is C20H23N3O2. The molecule has 1 N–H and O–H groups in total. The van der Waals surface area contributed by atoms with Gasteiger partial charge in [-0.05, 0) is 38.0 Å². The number of anilines is 1. The van der Waals surface area contributed by atoms with Crippen LogP contribution in [0.3, 0.4) is 0 Å². The largest absolute Gasteiger partial charge is 0.446 e. The number of ether oxygens (including phenoxy) is 1. The van der Waals surface area contributed by atoms with Gasteiger partial charge in [0, 0.05) is 43.1 Å². The van der Waals surface area contributed by atoms with Gasteiger partial charge in [-0.2, -0.15) is 5.26 Å². The third-order valence-corrected chi connectivity index (χ3v) is 5.09. The Morgan fingerprint density at radius 2 is 1.92 bits per heavy atom. The number of rotatable bonds is 4. The number of carbonyl (C=O) groups is 1. The molecular weight excluding hydrogens is 314 g/mol. The monoisotopic (exact) mass is 337 g/mol. The average molecular weight is 337 g/mol. The fraction of sp³-hybridized carbons (Fsp3) is 0.450. The lowest BCUT2D eigenvalue weighted by Crippen LogP contribution is -2.34. The summed E-state index contributed by atoms with van der Waals surface area (Å²) in [6.45, 7) is 6.07. The first-order chi connectivity index (χ1) is 12.1. The molecule has 2 unspecified atom stereocenters. The molecule has 2 aliphatic rings. The summed E-state index contributed by atoms with van der Waals surface area (Å²) in [7, 11) is 0. The predicted octanol–water partition coefficient (Wildman–Crippen LogP) is 3.77. The molecule has 1 heterocycles. The highest BCUT2D eigenvalue weighted by Gasteiger charge is 2.42. The quantitative estimate of drug-likeness (QED) is 0.907. The van der Waals surface area contributed by atoms with Crippen LogP contribution in [0.2, 0.25) is 0 Å². The van der Waals surface area contributed by atoms with Crippen molar-refractivity contribution in [1.82, 2.24) is 0 Å². The number of benzene rings is 1. The van der Waals surface area contributed by atoms with Gasteiger partial charge in [-0.3, -0.25) is 10.2 Å². The minimum Gasteiger partial charge on any atom is -0.446 e. The summed E-state index contributed by atoms with van der Waals surface area (Å²) >= 11 is 0. The van der Waals surface area contributed by atoms with Crippen LogP contribution in [0.25, 0.3) is 0 Å². The van der Waals surface area contributed by atoms with Crippen molar-refractivity contribution in [2.75, 3.05) is 18.0 Å². The van der Waals surface area contributed by atoms with Gasteiger partial charge in [0.15, 0.2) is 5.78 Å². The predicted molar refractivity (Wildman–Crippen MR) is 96.5 cm³/mol. The number of nitriles is 1. The average Bonchev–Trinajstić information content (AvgIpc) is 2.62. The molecule has 0 bridgehead atoms. The molecule has 0 radical (unpaired) electrons. The normalized spacial score (nSPS) is 22.9. The van der Waals surface area contributed by atoms with Gasteiger partial charge in [0.05, 0.1) is 6.07 Å². The summed E-state index contributed by atoms with van der Waals surface area (Å²) in [6, 6.07) is 10.2. The van der Waals surface area contributed by atoms with E-state index >= 15 is 0 Å². The fourth-order valence-corrected chi connectivity index (χ4v) is 3.77. The molecule has 0 amide bonds. The first kappa shape index (κ1) is 17.2. The van der Waals surface area contributed by atoms with Gasteiger partial charge in [-0.1, -0.05) is 12.1 Å². The van der Waals surface area contributed by atoms with E-state index in [-0.39, 0.29) is 11.7 Å². The summed E-state index contributed by atoms with van der Waals surface area (Å²) in [5.41, 5.74) is 2.62. The Balaban J connectivity index is 2.04. The van der Waals surface area contributed by atoms with Crippen LogP contribution in [0.4, 0.5) is 5.69 Å². The van der Waals surface area contributed by atoms with Crippen molar-refractivity contribution in [2.45, 2.75) is 39.0 Å². The first-order valence-electron chi connectivity index (χ1n) is 8.87. The molecule has 0 fully saturated rings. The summed E-state index contributed by atoms with van der Waals surface area (Å²) in [6.07, 6.45) is 1.90. The molecule has 1 aromatic carbocycles. The zero-order valence-electron chi connectivity index (χ0n) is 14.7. The van der Waals surface area contributed by atoms with E-state index in [0.29, 0.717) is 24.2 Å². The van der Waals surface area contributed by atoms with E-state index in [1.165, 1.54) is 0 Å². The van der Waals surface area contributed by atoms with Crippen molar-refractivity contribution >= 4 is 17.4 Å². The van der Waals surface area contributed by atoms with Crippen LogP contribution in [0.15, 0.2) is 35.6 Å². The summed E-state index contributed by atoms with van der Waals surface area (Å²) in [5, 5.41) is 17.7. The number of hydrogen-bond acceptors (Lipinski definition) is 5. The topological polar surface area (TPSA) is 77.2 Å². The Hall–Kier alpha value is -2.61. The lowest BCUT2D eigenvalue weighted by atomic mass is 9.74. The maximum absolute atomic E-state index is 12.5. The Labute approximate surface area is 148 Å². The van der Waals surface area contributed by atoms with Crippen molar-refractivity contribution < 1.29 is 9.53 Å². The minimum atomic E-state index is -0.750. The van der Waals surface area contributed by atoms with E-state index < -0.39 is 11.8 Å². The molecule has 0 spiro atoms. The summed E-state index contributed by atoms with van der Waals surface area (Å²) < 4.78 is 5.52. The second kappa shape index (κ2) is 7.10. The molecule has 1 aromatic rings. The van der Waals surface area contributed by atoms with Crippen molar-refractivity contribution in [1.29, 1.82) is 10.7 Å². The van der Waals surface area contributed by atoms with Crippen molar-refractivity contribution in [3.8, 4) is 6.07 Å². The van der Waals surface area contributed by atoms with Gasteiger partial charge in [0.25, 0.3) is 0 Å². The number of nitrogens with one attached hydrogen (secondary N) is 1. The second-order valence-corrected chi connectivity index (χ2v) is 6.43. The van der Waals surface area contributed by atoms with Gasteiger partial charge in [-0.15, -0.1) is 0 Å². The van der Waals surface area contributed by atoms with E-state index in [2.05, 4.69) is 24.8 Å². The third kappa shape index (κ3) is 3.05. The molecule has 130 valence electrons.